The maximum absolute atomic E-state index is 12.1. The van der Waals surface area contributed by atoms with Gasteiger partial charge >= 0.3 is 0 Å². The summed E-state index contributed by atoms with van der Waals surface area (Å²) in [6.45, 7) is 2.38. The highest BCUT2D eigenvalue weighted by molar-refractivity contribution is 6.33. The fraction of sp³-hybridized carbons (Fsp3) is 0.214. The second-order valence-electron chi connectivity index (χ2n) is 4.28. The Bertz CT molecular complexity index is 630. The zero-order valence-corrected chi connectivity index (χ0v) is 12.0. The number of hydrogen-bond donors (Lipinski definition) is 2. The zero-order valence-electron chi connectivity index (χ0n) is 11.3. The minimum atomic E-state index is -0.239. The molecule has 2 N–H and O–H groups in total. The van der Waals surface area contributed by atoms with Crippen LogP contribution in [0, 0.1) is 6.92 Å². The SMILES string of the molecule is CNc1cc(C(=O)NCc2cnccc2C)c(Cl)cn1. The van der Waals surface area contributed by atoms with E-state index in [9.17, 15) is 4.79 Å². The van der Waals surface area contributed by atoms with Crippen LogP contribution >= 0.6 is 11.6 Å². The Kier molecular flexibility index (Phi) is 4.53. The maximum Gasteiger partial charge on any atom is 0.253 e. The molecule has 5 nitrogen and oxygen atoms in total. The number of rotatable bonds is 4. The number of carbonyl (C=O) groups excluding carboxylic acids is 1. The lowest BCUT2D eigenvalue weighted by atomic mass is 10.1. The molecule has 104 valence electrons. The molecule has 1 amide bonds. The zero-order chi connectivity index (χ0) is 14.5. The van der Waals surface area contributed by atoms with Crippen molar-refractivity contribution in [2.45, 2.75) is 13.5 Å². The van der Waals surface area contributed by atoms with Gasteiger partial charge in [0.1, 0.15) is 5.82 Å². The highest BCUT2D eigenvalue weighted by atomic mass is 35.5. The van der Waals surface area contributed by atoms with E-state index in [1.807, 2.05) is 13.0 Å². The van der Waals surface area contributed by atoms with Crippen molar-refractivity contribution >= 4 is 23.3 Å². The van der Waals surface area contributed by atoms with Crippen LogP contribution in [0.5, 0.6) is 0 Å². The first-order chi connectivity index (χ1) is 9.61. The predicted molar refractivity (Wildman–Crippen MR) is 78.9 cm³/mol. The summed E-state index contributed by atoms with van der Waals surface area (Å²) in [5.41, 5.74) is 2.45. The van der Waals surface area contributed by atoms with E-state index in [2.05, 4.69) is 20.6 Å². The van der Waals surface area contributed by atoms with Gasteiger partial charge in [-0.1, -0.05) is 11.6 Å². The van der Waals surface area contributed by atoms with Crippen molar-refractivity contribution < 1.29 is 4.79 Å². The average Bonchev–Trinajstić information content (AvgIpc) is 2.46. The molecule has 0 radical (unpaired) electrons. The van der Waals surface area contributed by atoms with Crippen LogP contribution < -0.4 is 10.6 Å². The molecular formula is C14H15ClN4O. The monoisotopic (exact) mass is 290 g/mol. The molecule has 0 aliphatic heterocycles. The largest absolute Gasteiger partial charge is 0.373 e. The number of aryl methyl sites for hydroxylation is 1. The van der Waals surface area contributed by atoms with E-state index in [0.29, 0.717) is 22.9 Å². The first-order valence-electron chi connectivity index (χ1n) is 6.13. The molecule has 0 aliphatic carbocycles. The van der Waals surface area contributed by atoms with E-state index in [4.69, 9.17) is 11.6 Å². The fourth-order valence-corrected chi connectivity index (χ4v) is 1.89. The number of halogens is 1. The summed E-state index contributed by atoms with van der Waals surface area (Å²) in [6.07, 6.45) is 4.92. The van der Waals surface area contributed by atoms with E-state index >= 15 is 0 Å². The molecule has 6 heteroatoms. The van der Waals surface area contributed by atoms with E-state index in [0.717, 1.165) is 11.1 Å². The van der Waals surface area contributed by atoms with Crippen LogP contribution in [-0.4, -0.2) is 22.9 Å². The van der Waals surface area contributed by atoms with Gasteiger partial charge in [0, 0.05) is 32.2 Å². The summed E-state index contributed by atoms with van der Waals surface area (Å²) < 4.78 is 0. The molecule has 2 rings (SSSR count). The van der Waals surface area contributed by atoms with Gasteiger partial charge in [-0.15, -0.1) is 0 Å². The number of amides is 1. The standard InChI is InChI=1S/C14H15ClN4O/c1-9-3-4-17-6-10(9)7-19-14(20)11-5-13(16-2)18-8-12(11)15/h3-6,8H,7H2,1-2H3,(H,16,18)(H,19,20). The molecule has 0 saturated heterocycles. The number of nitrogens with zero attached hydrogens (tertiary/aromatic N) is 2. The van der Waals surface area contributed by atoms with Crippen LogP contribution in [0.15, 0.2) is 30.7 Å². The van der Waals surface area contributed by atoms with Gasteiger partial charge in [0.05, 0.1) is 10.6 Å². The highest BCUT2D eigenvalue weighted by Gasteiger charge is 2.12. The molecule has 0 spiro atoms. The van der Waals surface area contributed by atoms with Gasteiger partial charge < -0.3 is 10.6 Å². The second-order valence-corrected chi connectivity index (χ2v) is 4.69. The predicted octanol–water partition coefficient (Wildman–Crippen LogP) is 2.41. The molecular weight excluding hydrogens is 276 g/mol. The molecule has 0 saturated carbocycles. The van der Waals surface area contributed by atoms with Crippen molar-refractivity contribution in [3.05, 3.63) is 52.4 Å². The van der Waals surface area contributed by atoms with Gasteiger partial charge in [-0.3, -0.25) is 9.78 Å². The van der Waals surface area contributed by atoms with Crippen molar-refractivity contribution in [1.82, 2.24) is 15.3 Å². The topological polar surface area (TPSA) is 66.9 Å². The molecule has 20 heavy (non-hydrogen) atoms. The third-order valence-corrected chi connectivity index (χ3v) is 3.24. The molecule has 2 aromatic rings. The van der Waals surface area contributed by atoms with Crippen molar-refractivity contribution in [2.24, 2.45) is 0 Å². The van der Waals surface area contributed by atoms with Crippen LogP contribution in [-0.2, 0) is 6.54 Å². The summed E-state index contributed by atoms with van der Waals surface area (Å²) in [7, 11) is 1.73. The van der Waals surface area contributed by atoms with E-state index in [-0.39, 0.29) is 5.91 Å². The maximum atomic E-state index is 12.1. The molecule has 2 aromatic heterocycles. The molecule has 2 heterocycles. The van der Waals surface area contributed by atoms with Crippen LogP contribution in [0.4, 0.5) is 5.82 Å². The van der Waals surface area contributed by atoms with Gasteiger partial charge in [0.15, 0.2) is 0 Å². The van der Waals surface area contributed by atoms with E-state index in [1.54, 1.807) is 25.5 Å². The first kappa shape index (κ1) is 14.3. The summed E-state index contributed by atoms with van der Waals surface area (Å²) in [6, 6.07) is 3.52. The highest BCUT2D eigenvalue weighted by Crippen LogP contribution is 2.17. The average molecular weight is 291 g/mol. The van der Waals surface area contributed by atoms with Gasteiger partial charge in [0.2, 0.25) is 0 Å². The fourth-order valence-electron chi connectivity index (χ4n) is 1.70. The van der Waals surface area contributed by atoms with Crippen molar-refractivity contribution in [3.63, 3.8) is 0 Å². The lowest BCUT2D eigenvalue weighted by Crippen LogP contribution is -2.23. The Balaban J connectivity index is 2.11. The molecule has 0 aliphatic rings. The summed E-state index contributed by atoms with van der Waals surface area (Å²) >= 11 is 6.00. The number of aromatic nitrogens is 2. The lowest BCUT2D eigenvalue weighted by molar-refractivity contribution is 0.0951. The normalized spacial score (nSPS) is 10.2. The second kappa shape index (κ2) is 6.34. The Morgan fingerprint density at radius 1 is 1.40 bits per heavy atom. The molecule has 0 unspecified atom stereocenters. The van der Waals surface area contributed by atoms with Crippen LogP contribution in [0.3, 0.4) is 0 Å². The van der Waals surface area contributed by atoms with Gasteiger partial charge in [-0.05, 0) is 30.2 Å². The third kappa shape index (κ3) is 3.24. The Labute approximate surface area is 122 Å². The quantitative estimate of drug-likeness (QED) is 0.907. The number of pyridine rings is 2. The minimum Gasteiger partial charge on any atom is -0.373 e. The van der Waals surface area contributed by atoms with Crippen LogP contribution in [0.25, 0.3) is 0 Å². The summed E-state index contributed by atoms with van der Waals surface area (Å²) in [5.74, 6) is 0.356. The van der Waals surface area contributed by atoms with Gasteiger partial charge in [-0.25, -0.2) is 4.98 Å². The van der Waals surface area contributed by atoms with E-state index < -0.39 is 0 Å². The van der Waals surface area contributed by atoms with Gasteiger partial charge in [-0.2, -0.15) is 0 Å². The van der Waals surface area contributed by atoms with Crippen LogP contribution in [0.1, 0.15) is 21.5 Å². The number of anilines is 1. The van der Waals surface area contributed by atoms with Crippen molar-refractivity contribution in [1.29, 1.82) is 0 Å². The van der Waals surface area contributed by atoms with Crippen molar-refractivity contribution in [2.75, 3.05) is 12.4 Å². The third-order valence-electron chi connectivity index (χ3n) is 2.94. The van der Waals surface area contributed by atoms with Gasteiger partial charge in [0.25, 0.3) is 5.91 Å². The molecule has 0 fully saturated rings. The molecule has 0 atom stereocenters. The first-order valence-corrected chi connectivity index (χ1v) is 6.50. The Hall–Kier alpha value is -2.14. The Morgan fingerprint density at radius 3 is 2.90 bits per heavy atom. The Morgan fingerprint density at radius 2 is 2.20 bits per heavy atom. The minimum absolute atomic E-state index is 0.239. The van der Waals surface area contributed by atoms with E-state index in [1.165, 1.54) is 6.20 Å². The molecule has 0 bridgehead atoms. The number of hydrogen-bond acceptors (Lipinski definition) is 4. The number of carbonyl (C=O) groups is 1. The number of nitrogens with one attached hydrogen (secondary N) is 2. The lowest BCUT2D eigenvalue weighted by Gasteiger charge is -2.09. The van der Waals surface area contributed by atoms with Crippen LogP contribution in [0.2, 0.25) is 5.02 Å². The van der Waals surface area contributed by atoms with Crippen molar-refractivity contribution in [3.8, 4) is 0 Å². The smallest absolute Gasteiger partial charge is 0.253 e. The molecule has 0 aromatic carbocycles. The summed E-state index contributed by atoms with van der Waals surface area (Å²) in [4.78, 5) is 20.2. The summed E-state index contributed by atoms with van der Waals surface area (Å²) in [5, 5.41) is 6.03.